The predicted octanol–water partition coefficient (Wildman–Crippen LogP) is 2.49. The van der Waals surface area contributed by atoms with Crippen LogP contribution in [0.2, 0.25) is 0 Å². The first kappa shape index (κ1) is 20.2. The van der Waals surface area contributed by atoms with Crippen molar-refractivity contribution in [3.8, 4) is 0 Å². The Morgan fingerprint density at radius 3 is 2.45 bits per heavy atom. The van der Waals surface area contributed by atoms with E-state index in [1.807, 2.05) is 0 Å². The molecule has 0 fully saturated rings. The van der Waals surface area contributed by atoms with Crippen LogP contribution < -0.4 is 10.2 Å². The van der Waals surface area contributed by atoms with Gasteiger partial charge in [0, 0.05) is 18.8 Å². The Bertz CT molecular complexity index is 995. The lowest BCUT2D eigenvalue weighted by atomic mass is 10.2. The first-order valence-electron chi connectivity index (χ1n) is 9.55. The maximum Gasteiger partial charge on any atom is 0.338 e. The molecule has 0 atom stereocenters. The van der Waals surface area contributed by atoms with E-state index >= 15 is 0 Å². The first-order chi connectivity index (χ1) is 14.1. The second kappa shape index (κ2) is 9.13. The van der Waals surface area contributed by atoms with Gasteiger partial charge in [-0.3, -0.25) is 4.79 Å². The summed E-state index contributed by atoms with van der Waals surface area (Å²) in [6, 6.07) is 6.56. The number of nitrogens with zero attached hydrogens (tertiary/aromatic N) is 5. The van der Waals surface area contributed by atoms with Gasteiger partial charge in [0.1, 0.15) is 12.9 Å². The summed E-state index contributed by atoms with van der Waals surface area (Å²) < 4.78 is 6.64. The minimum atomic E-state index is -0.390. The van der Waals surface area contributed by atoms with Crippen LogP contribution in [-0.2, 0) is 16.1 Å². The molecule has 0 aliphatic rings. The SMILES string of the molecule is CCOC(=O)c1ccc(NC(=O)Cn2cnc3c(N(CC)CC)ncnc32)cc1. The molecule has 2 heterocycles. The van der Waals surface area contributed by atoms with Crippen molar-refractivity contribution in [1.82, 2.24) is 19.5 Å². The number of hydrogen-bond acceptors (Lipinski definition) is 7. The average molecular weight is 396 g/mol. The molecule has 0 aliphatic carbocycles. The van der Waals surface area contributed by atoms with E-state index in [-0.39, 0.29) is 18.4 Å². The lowest BCUT2D eigenvalue weighted by Crippen LogP contribution is -2.23. The van der Waals surface area contributed by atoms with Crippen LogP contribution in [0.3, 0.4) is 0 Å². The van der Waals surface area contributed by atoms with E-state index in [2.05, 4.69) is 39.0 Å². The standard InChI is InChI=1S/C20H24N6O3/c1-4-25(5-2)18-17-19(22-12-21-18)26(13-23-17)11-16(27)24-15-9-7-14(8-10-15)20(28)29-6-3/h7-10,12-13H,4-6,11H2,1-3H3,(H,24,27). The highest BCUT2D eigenvalue weighted by Gasteiger charge is 2.15. The van der Waals surface area contributed by atoms with Crippen molar-refractivity contribution in [2.45, 2.75) is 27.3 Å². The Balaban J connectivity index is 1.72. The number of carbonyl (C=O) groups is 2. The number of amides is 1. The maximum atomic E-state index is 12.5. The van der Waals surface area contributed by atoms with Crippen LogP contribution in [-0.4, -0.2) is 51.1 Å². The van der Waals surface area contributed by atoms with Crippen molar-refractivity contribution in [3.05, 3.63) is 42.5 Å². The molecule has 1 aromatic carbocycles. The maximum absolute atomic E-state index is 12.5. The van der Waals surface area contributed by atoms with Crippen LogP contribution in [0.4, 0.5) is 11.5 Å². The minimum Gasteiger partial charge on any atom is -0.462 e. The number of rotatable bonds is 8. The van der Waals surface area contributed by atoms with Crippen molar-refractivity contribution in [3.63, 3.8) is 0 Å². The normalized spacial score (nSPS) is 10.7. The number of benzene rings is 1. The van der Waals surface area contributed by atoms with E-state index in [1.54, 1.807) is 42.1 Å². The van der Waals surface area contributed by atoms with E-state index < -0.39 is 0 Å². The van der Waals surface area contributed by atoms with Gasteiger partial charge in [0.05, 0.1) is 18.5 Å². The minimum absolute atomic E-state index is 0.0603. The number of aromatic nitrogens is 4. The van der Waals surface area contributed by atoms with Crippen molar-refractivity contribution >= 4 is 34.5 Å². The lowest BCUT2D eigenvalue weighted by molar-refractivity contribution is -0.116. The van der Waals surface area contributed by atoms with Crippen molar-refractivity contribution in [1.29, 1.82) is 0 Å². The van der Waals surface area contributed by atoms with Crippen LogP contribution in [0.15, 0.2) is 36.9 Å². The third-order valence-corrected chi connectivity index (χ3v) is 4.44. The predicted molar refractivity (Wildman–Crippen MR) is 110 cm³/mol. The Kier molecular flexibility index (Phi) is 6.38. The van der Waals surface area contributed by atoms with Crippen molar-refractivity contribution in [2.24, 2.45) is 0 Å². The molecule has 0 radical (unpaired) electrons. The zero-order chi connectivity index (χ0) is 20.8. The fraction of sp³-hybridized carbons (Fsp3) is 0.350. The van der Waals surface area contributed by atoms with Crippen LogP contribution in [0.1, 0.15) is 31.1 Å². The number of esters is 1. The molecule has 1 N–H and O–H groups in total. The van der Waals surface area contributed by atoms with Gasteiger partial charge in [0.15, 0.2) is 17.0 Å². The molecule has 0 aliphatic heterocycles. The van der Waals surface area contributed by atoms with Gasteiger partial charge in [-0.25, -0.2) is 19.7 Å². The highest BCUT2D eigenvalue weighted by molar-refractivity contribution is 5.93. The van der Waals surface area contributed by atoms with Crippen LogP contribution in [0.25, 0.3) is 11.2 Å². The molecular weight excluding hydrogens is 372 g/mol. The van der Waals surface area contributed by atoms with Gasteiger partial charge in [-0.15, -0.1) is 0 Å². The summed E-state index contributed by atoms with van der Waals surface area (Å²) >= 11 is 0. The van der Waals surface area contributed by atoms with Gasteiger partial charge in [-0.05, 0) is 45.0 Å². The monoisotopic (exact) mass is 396 g/mol. The summed E-state index contributed by atoms with van der Waals surface area (Å²) in [7, 11) is 0. The van der Waals surface area contributed by atoms with Crippen LogP contribution in [0.5, 0.6) is 0 Å². The summed E-state index contributed by atoms with van der Waals surface area (Å²) in [6.45, 7) is 7.84. The number of nitrogens with one attached hydrogen (secondary N) is 1. The molecule has 3 rings (SSSR count). The summed E-state index contributed by atoms with van der Waals surface area (Å²) in [5, 5.41) is 2.81. The second-order valence-corrected chi connectivity index (χ2v) is 6.26. The van der Waals surface area contributed by atoms with Gasteiger partial charge in [0.2, 0.25) is 5.91 Å². The average Bonchev–Trinajstić information content (AvgIpc) is 3.13. The molecule has 0 saturated heterocycles. The highest BCUT2D eigenvalue weighted by atomic mass is 16.5. The largest absolute Gasteiger partial charge is 0.462 e. The topological polar surface area (TPSA) is 102 Å². The zero-order valence-electron chi connectivity index (χ0n) is 16.8. The van der Waals surface area contributed by atoms with E-state index in [1.165, 1.54) is 6.33 Å². The number of carbonyl (C=O) groups excluding carboxylic acids is 2. The molecule has 0 bridgehead atoms. The van der Waals surface area contributed by atoms with Gasteiger partial charge >= 0.3 is 5.97 Å². The molecule has 3 aromatic rings. The van der Waals surface area contributed by atoms with E-state index in [9.17, 15) is 9.59 Å². The second-order valence-electron chi connectivity index (χ2n) is 6.26. The number of ether oxygens (including phenoxy) is 1. The quantitative estimate of drug-likeness (QED) is 0.584. The van der Waals surface area contributed by atoms with Gasteiger partial charge < -0.3 is 19.5 Å². The van der Waals surface area contributed by atoms with Gasteiger partial charge in [-0.2, -0.15) is 0 Å². The van der Waals surface area contributed by atoms with E-state index in [0.29, 0.717) is 29.0 Å². The number of hydrogen-bond donors (Lipinski definition) is 1. The molecular formula is C20H24N6O3. The van der Waals surface area contributed by atoms with Gasteiger partial charge in [0.25, 0.3) is 0 Å². The van der Waals surface area contributed by atoms with E-state index in [4.69, 9.17) is 4.74 Å². The molecule has 0 spiro atoms. The highest BCUT2D eigenvalue weighted by Crippen LogP contribution is 2.21. The number of anilines is 2. The Labute approximate surface area is 168 Å². The fourth-order valence-electron chi connectivity index (χ4n) is 3.00. The Hall–Kier alpha value is -3.49. The van der Waals surface area contributed by atoms with Crippen LogP contribution in [0, 0.1) is 0 Å². The lowest BCUT2D eigenvalue weighted by Gasteiger charge is -2.19. The third-order valence-electron chi connectivity index (χ3n) is 4.44. The van der Waals surface area contributed by atoms with Crippen molar-refractivity contribution in [2.75, 3.05) is 29.9 Å². The number of fused-ring (bicyclic) bond motifs is 1. The third kappa shape index (κ3) is 4.50. The molecule has 0 unspecified atom stereocenters. The summed E-state index contributed by atoms with van der Waals surface area (Å²) in [4.78, 5) is 39.3. The smallest absolute Gasteiger partial charge is 0.338 e. The Morgan fingerprint density at radius 2 is 1.79 bits per heavy atom. The van der Waals surface area contributed by atoms with Gasteiger partial charge in [-0.1, -0.05) is 0 Å². The van der Waals surface area contributed by atoms with Crippen molar-refractivity contribution < 1.29 is 14.3 Å². The molecule has 9 nitrogen and oxygen atoms in total. The summed E-state index contributed by atoms with van der Waals surface area (Å²) in [5.41, 5.74) is 2.30. The molecule has 2 aromatic heterocycles. The number of imidazole rings is 1. The molecule has 1 amide bonds. The first-order valence-corrected chi connectivity index (χ1v) is 9.55. The molecule has 0 saturated carbocycles. The molecule has 9 heteroatoms. The molecule has 29 heavy (non-hydrogen) atoms. The van der Waals surface area contributed by atoms with E-state index in [0.717, 1.165) is 18.9 Å². The van der Waals surface area contributed by atoms with Crippen LogP contribution >= 0.6 is 0 Å². The summed E-state index contributed by atoms with van der Waals surface area (Å²) in [5.74, 6) is 0.142. The Morgan fingerprint density at radius 1 is 1.07 bits per heavy atom. The summed E-state index contributed by atoms with van der Waals surface area (Å²) in [6.07, 6.45) is 3.08. The fourth-order valence-corrected chi connectivity index (χ4v) is 3.00. The zero-order valence-corrected chi connectivity index (χ0v) is 16.8. The molecule has 152 valence electrons.